The van der Waals surface area contributed by atoms with Gasteiger partial charge in [-0.2, -0.15) is 0 Å². The topological polar surface area (TPSA) is 28.7 Å². The maximum Gasteiger partial charge on any atom is 0.138 e. The highest BCUT2D eigenvalue weighted by atomic mass is 79.9. The Kier molecular flexibility index (Phi) is 3.33. The molecule has 0 bridgehead atoms. The van der Waals surface area contributed by atoms with E-state index in [1.54, 1.807) is 6.20 Å². The van der Waals surface area contributed by atoms with Crippen molar-refractivity contribution in [3.05, 3.63) is 44.0 Å². The highest BCUT2D eigenvalue weighted by Crippen LogP contribution is 2.19. The van der Waals surface area contributed by atoms with E-state index in [0.29, 0.717) is 4.64 Å². The Morgan fingerprint density at radius 1 is 1.13 bits per heavy atom. The van der Waals surface area contributed by atoms with E-state index < -0.39 is 0 Å². The fourth-order valence-corrected chi connectivity index (χ4v) is 1.75. The summed E-state index contributed by atoms with van der Waals surface area (Å²) >= 11 is 11.8. The van der Waals surface area contributed by atoms with Crippen LogP contribution >= 0.6 is 44.1 Å². The van der Waals surface area contributed by atoms with Gasteiger partial charge in [-0.1, -0.05) is 40.3 Å². The summed E-state index contributed by atoms with van der Waals surface area (Å²) in [5.41, 5.74) is 1.01. The minimum absolute atomic E-state index is 0.655. The minimum Gasteiger partial charge on any atom is -0.330 e. The molecule has 0 saturated carbocycles. The third-order valence-electron chi connectivity index (χ3n) is 1.87. The lowest BCUT2D eigenvalue weighted by atomic mass is 10.2. The summed E-state index contributed by atoms with van der Waals surface area (Å²) in [6, 6.07) is 7.89. The van der Waals surface area contributed by atoms with Gasteiger partial charge in [0.1, 0.15) is 10.5 Å². The summed E-state index contributed by atoms with van der Waals surface area (Å²) < 4.78 is 2.50. The van der Waals surface area contributed by atoms with Crippen LogP contribution in [-0.4, -0.2) is 9.97 Å². The Balaban J connectivity index is 2.50. The molecule has 2 aromatic rings. The molecule has 0 aliphatic carbocycles. The van der Waals surface area contributed by atoms with Gasteiger partial charge in [0.2, 0.25) is 0 Å². The van der Waals surface area contributed by atoms with Gasteiger partial charge in [-0.3, -0.25) is 0 Å². The van der Waals surface area contributed by atoms with Crippen LogP contribution in [0, 0.1) is 4.64 Å². The molecule has 1 heterocycles. The highest BCUT2D eigenvalue weighted by Gasteiger charge is 2.00. The summed E-state index contributed by atoms with van der Waals surface area (Å²) in [5.74, 6) is 0.774. The number of nitrogens with one attached hydrogen (secondary N) is 1. The van der Waals surface area contributed by atoms with Gasteiger partial charge in [-0.15, -0.1) is 0 Å². The van der Waals surface area contributed by atoms with Gasteiger partial charge in [0.05, 0.1) is 4.47 Å². The van der Waals surface area contributed by atoms with E-state index in [4.69, 9.17) is 12.2 Å². The summed E-state index contributed by atoms with van der Waals surface area (Å²) in [5, 5.41) is 0. The van der Waals surface area contributed by atoms with Gasteiger partial charge in [0.15, 0.2) is 0 Å². The quantitative estimate of drug-likeness (QED) is 0.779. The molecule has 0 aliphatic heterocycles. The normalized spacial score (nSPS) is 10.3. The Hall–Kier alpha value is -0.520. The average Bonchev–Trinajstić information content (AvgIpc) is 2.23. The molecule has 5 heteroatoms. The number of nitrogens with zero attached hydrogens (tertiary/aromatic N) is 1. The zero-order valence-electron chi connectivity index (χ0n) is 7.50. The van der Waals surface area contributed by atoms with Crippen LogP contribution in [-0.2, 0) is 0 Å². The summed E-state index contributed by atoms with van der Waals surface area (Å²) in [6.45, 7) is 0. The lowest BCUT2D eigenvalue weighted by Crippen LogP contribution is -1.89. The molecule has 15 heavy (non-hydrogen) atoms. The Morgan fingerprint density at radius 3 is 2.40 bits per heavy atom. The van der Waals surface area contributed by atoms with Crippen molar-refractivity contribution in [1.82, 2.24) is 9.97 Å². The molecule has 0 amide bonds. The summed E-state index contributed by atoms with van der Waals surface area (Å²) in [4.78, 5) is 7.31. The van der Waals surface area contributed by atoms with E-state index >= 15 is 0 Å². The van der Waals surface area contributed by atoms with Crippen molar-refractivity contribution >= 4 is 44.1 Å². The predicted molar refractivity (Wildman–Crippen MR) is 70.3 cm³/mol. The number of aromatic amines is 1. The van der Waals surface area contributed by atoms with Crippen molar-refractivity contribution in [3.8, 4) is 11.4 Å². The first-order chi connectivity index (χ1) is 7.16. The molecule has 0 atom stereocenters. The fraction of sp³-hybridized carbons (Fsp3) is 0. The number of H-pyrrole nitrogens is 1. The van der Waals surface area contributed by atoms with Crippen LogP contribution in [0.3, 0.4) is 0 Å². The van der Waals surface area contributed by atoms with Crippen LogP contribution in [0.15, 0.2) is 39.4 Å². The summed E-state index contributed by atoms with van der Waals surface area (Å²) in [7, 11) is 0. The predicted octanol–water partition coefficient (Wildman–Crippen LogP) is 4.33. The summed E-state index contributed by atoms with van der Waals surface area (Å²) in [6.07, 6.45) is 1.70. The SMILES string of the molecule is S=c1[nH]c(-c2ccc(Br)cc2)ncc1Br. The lowest BCUT2D eigenvalue weighted by molar-refractivity contribution is 1.14. The van der Waals surface area contributed by atoms with Crippen LogP contribution in [0.4, 0.5) is 0 Å². The van der Waals surface area contributed by atoms with E-state index in [1.807, 2.05) is 24.3 Å². The van der Waals surface area contributed by atoms with E-state index in [1.165, 1.54) is 0 Å². The van der Waals surface area contributed by atoms with Crippen molar-refractivity contribution < 1.29 is 0 Å². The number of hydrogen-bond donors (Lipinski definition) is 1. The molecule has 0 radical (unpaired) electrons. The molecule has 0 fully saturated rings. The molecule has 1 aromatic heterocycles. The first-order valence-electron chi connectivity index (χ1n) is 4.17. The zero-order chi connectivity index (χ0) is 10.8. The largest absolute Gasteiger partial charge is 0.330 e. The van der Waals surface area contributed by atoms with Gasteiger partial charge >= 0.3 is 0 Å². The van der Waals surface area contributed by atoms with E-state index in [9.17, 15) is 0 Å². The molecule has 2 nitrogen and oxygen atoms in total. The van der Waals surface area contributed by atoms with Gasteiger partial charge < -0.3 is 4.98 Å². The Morgan fingerprint density at radius 2 is 1.80 bits per heavy atom. The molecular formula is C10H6Br2N2S. The number of aromatic nitrogens is 2. The van der Waals surface area contributed by atoms with Gasteiger partial charge in [0.25, 0.3) is 0 Å². The van der Waals surface area contributed by atoms with E-state index in [2.05, 4.69) is 41.8 Å². The second-order valence-corrected chi connectivity index (χ2v) is 5.09. The van der Waals surface area contributed by atoms with Gasteiger partial charge in [-0.05, 0) is 28.1 Å². The lowest BCUT2D eigenvalue weighted by Gasteiger charge is -2.01. The van der Waals surface area contributed by atoms with Crippen LogP contribution in [0.1, 0.15) is 0 Å². The number of rotatable bonds is 1. The van der Waals surface area contributed by atoms with Crippen LogP contribution in [0.5, 0.6) is 0 Å². The molecule has 1 aromatic carbocycles. The molecule has 2 rings (SSSR count). The zero-order valence-corrected chi connectivity index (χ0v) is 11.5. The maximum absolute atomic E-state index is 5.11. The second-order valence-electron chi connectivity index (χ2n) is 2.92. The van der Waals surface area contributed by atoms with Gasteiger partial charge in [-0.25, -0.2) is 4.98 Å². The molecule has 76 valence electrons. The number of halogens is 2. The van der Waals surface area contributed by atoms with Crippen molar-refractivity contribution in [2.24, 2.45) is 0 Å². The van der Waals surface area contributed by atoms with Crippen LogP contribution in [0.2, 0.25) is 0 Å². The molecule has 1 N–H and O–H groups in total. The van der Waals surface area contributed by atoms with Gasteiger partial charge in [0, 0.05) is 16.2 Å². The smallest absolute Gasteiger partial charge is 0.138 e. The molecular weight excluding hydrogens is 340 g/mol. The second kappa shape index (κ2) is 4.55. The molecule has 0 unspecified atom stereocenters. The number of hydrogen-bond acceptors (Lipinski definition) is 2. The first-order valence-corrected chi connectivity index (χ1v) is 6.17. The average molecular weight is 346 g/mol. The van der Waals surface area contributed by atoms with E-state index in [0.717, 1.165) is 20.3 Å². The third-order valence-corrected chi connectivity index (χ3v) is 3.59. The van der Waals surface area contributed by atoms with Crippen molar-refractivity contribution in [3.63, 3.8) is 0 Å². The minimum atomic E-state index is 0.655. The first kappa shape index (κ1) is 11.0. The van der Waals surface area contributed by atoms with Crippen LogP contribution in [0.25, 0.3) is 11.4 Å². The third kappa shape index (κ3) is 2.53. The van der Waals surface area contributed by atoms with E-state index in [-0.39, 0.29) is 0 Å². The standard InChI is InChI=1S/C10H6Br2N2S/c11-7-3-1-6(2-4-7)9-13-5-8(12)10(15)14-9/h1-5H,(H,13,14,15). The fourth-order valence-electron chi connectivity index (χ4n) is 1.13. The Bertz CT molecular complexity index is 534. The van der Waals surface area contributed by atoms with Crippen molar-refractivity contribution in [2.75, 3.05) is 0 Å². The maximum atomic E-state index is 5.11. The molecule has 0 spiro atoms. The highest BCUT2D eigenvalue weighted by molar-refractivity contribution is 9.10. The molecule has 0 saturated heterocycles. The van der Waals surface area contributed by atoms with Crippen molar-refractivity contribution in [2.45, 2.75) is 0 Å². The number of benzene rings is 1. The Labute approximate surface area is 109 Å². The van der Waals surface area contributed by atoms with Crippen LogP contribution < -0.4 is 0 Å². The monoisotopic (exact) mass is 344 g/mol. The molecule has 0 aliphatic rings. The van der Waals surface area contributed by atoms with Crippen molar-refractivity contribution in [1.29, 1.82) is 0 Å².